The van der Waals surface area contributed by atoms with E-state index in [-0.39, 0.29) is 10.6 Å². The molecule has 0 unspecified atom stereocenters. The number of nitrogens with zero attached hydrogens (tertiary/aromatic N) is 1. The largest absolute Gasteiger partial charge is 0.283 e. The molecule has 2 rings (SSSR count). The molecule has 0 fully saturated rings. The fraction of sp³-hybridized carbons (Fsp3) is 0. The predicted octanol–water partition coefficient (Wildman–Crippen LogP) is 4.34. The molecular weight excluding hydrogens is 278 g/mol. The first-order chi connectivity index (χ1) is 9.27. The average molecular weight is 287 g/mol. The molecule has 5 heteroatoms. The van der Waals surface area contributed by atoms with Crippen LogP contribution in [0.2, 0.25) is 0 Å². The molecule has 0 radical (unpaired) electrons. The number of nitro groups is 1. The van der Waals surface area contributed by atoms with Gasteiger partial charge in [-0.1, -0.05) is 36.3 Å². The molecule has 0 amide bonds. The molecule has 0 aliphatic carbocycles. The van der Waals surface area contributed by atoms with Gasteiger partial charge in [0.1, 0.15) is 0 Å². The first-order valence-corrected chi connectivity index (χ1v) is 7.55. The zero-order chi connectivity index (χ0) is 13.5. The lowest BCUT2D eigenvalue weighted by molar-refractivity contribution is -0.387. The number of para-hydroxylation sites is 1. The van der Waals surface area contributed by atoms with Crippen LogP contribution >= 0.6 is 21.6 Å². The summed E-state index contributed by atoms with van der Waals surface area (Å²) in [7, 11) is 2.58. The van der Waals surface area contributed by atoms with Gasteiger partial charge in [0.15, 0.2) is 0 Å². The van der Waals surface area contributed by atoms with Gasteiger partial charge >= 0.3 is 0 Å². The molecule has 3 nitrogen and oxygen atoms in total. The van der Waals surface area contributed by atoms with Gasteiger partial charge < -0.3 is 0 Å². The van der Waals surface area contributed by atoms with E-state index < -0.39 is 0 Å². The van der Waals surface area contributed by atoms with Gasteiger partial charge in [-0.15, -0.1) is 0 Å². The molecule has 0 bridgehead atoms. The standard InChI is InChI=1S/C14H9NO2S2/c16-15(17)13-8-4-5-9-14(13)19-18-11-10-12-6-2-1-3-7-12/h1-9H. The molecule has 0 aliphatic rings. The van der Waals surface area contributed by atoms with Crippen LogP contribution in [0.5, 0.6) is 0 Å². The van der Waals surface area contributed by atoms with E-state index in [1.54, 1.807) is 18.2 Å². The molecule has 0 atom stereocenters. The van der Waals surface area contributed by atoms with Gasteiger partial charge in [0.05, 0.1) is 9.82 Å². The molecular formula is C14H9NO2S2. The Labute approximate surface area is 119 Å². The van der Waals surface area contributed by atoms with E-state index in [1.165, 1.54) is 27.7 Å². The highest BCUT2D eigenvalue weighted by Gasteiger charge is 2.12. The van der Waals surface area contributed by atoms with Crippen molar-refractivity contribution in [2.45, 2.75) is 4.90 Å². The number of nitro benzene ring substituents is 1. The molecule has 2 aromatic rings. The smallest absolute Gasteiger partial charge is 0.258 e. The van der Waals surface area contributed by atoms with Crippen LogP contribution in [0.1, 0.15) is 5.56 Å². The first-order valence-electron chi connectivity index (χ1n) is 5.40. The Hall–Kier alpha value is -1.90. The van der Waals surface area contributed by atoms with Crippen molar-refractivity contribution >= 4 is 27.3 Å². The second-order valence-corrected chi connectivity index (χ2v) is 5.46. The van der Waals surface area contributed by atoms with Gasteiger partial charge in [0.25, 0.3) is 5.69 Å². The third kappa shape index (κ3) is 4.05. The minimum atomic E-state index is -0.381. The van der Waals surface area contributed by atoms with Crippen molar-refractivity contribution in [2.24, 2.45) is 0 Å². The maximum atomic E-state index is 10.8. The Morgan fingerprint density at radius 1 is 1.00 bits per heavy atom. The Bertz CT molecular complexity index is 633. The number of hydrogen-bond acceptors (Lipinski definition) is 4. The van der Waals surface area contributed by atoms with Crippen LogP contribution in [0.15, 0.2) is 59.5 Å². The zero-order valence-electron chi connectivity index (χ0n) is 9.78. The molecule has 2 aromatic carbocycles. The summed E-state index contributed by atoms with van der Waals surface area (Å²) in [6.07, 6.45) is 0. The monoisotopic (exact) mass is 287 g/mol. The van der Waals surface area contributed by atoms with Crippen molar-refractivity contribution in [3.63, 3.8) is 0 Å². The van der Waals surface area contributed by atoms with Crippen molar-refractivity contribution in [1.82, 2.24) is 0 Å². The summed E-state index contributed by atoms with van der Waals surface area (Å²) >= 11 is 0. The number of benzene rings is 2. The van der Waals surface area contributed by atoms with Crippen LogP contribution < -0.4 is 0 Å². The van der Waals surface area contributed by atoms with Crippen LogP contribution in [0, 0.1) is 21.3 Å². The lowest BCUT2D eigenvalue weighted by atomic mass is 10.2. The summed E-state index contributed by atoms with van der Waals surface area (Å²) in [6.45, 7) is 0. The Morgan fingerprint density at radius 3 is 2.42 bits per heavy atom. The van der Waals surface area contributed by atoms with E-state index in [9.17, 15) is 10.1 Å². The Morgan fingerprint density at radius 2 is 1.68 bits per heavy atom. The molecule has 0 spiro atoms. The molecule has 0 aliphatic heterocycles. The van der Waals surface area contributed by atoms with Gasteiger partial charge in [-0.3, -0.25) is 10.1 Å². The Balaban J connectivity index is 2.01. The van der Waals surface area contributed by atoms with Crippen molar-refractivity contribution in [3.05, 3.63) is 70.3 Å². The van der Waals surface area contributed by atoms with Crippen molar-refractivity contribution in [1.29, 1.82) is 0 Å². The topological polar surface area (TPSA) is 43.1 Å². The van der Waals surface area contributed by atoms with Crippen LogP contribution in [0.4, 0.5) is 5.69 Å². The van der Waals surface area contributed by atoms with Gasteiger partial charge in [0, 0.05) is 22.4 Å². The molecule has 0 saturated carbocycles. The van der Waals surface area contributed by atoms with Crippen LogP contribution in [0.25, 0.3) is 0 Å². The molecule has 0 N–H and O–H groups in total. The lowest BCUT2D eigenvalue weighted by Gasteiger charge is -1.97. The third-order valence-electron chi connectivity index (χ3n) is 2.20. The maximum absolute atomic E-state index is 10.8. The van der Waals surface area contributed by atoms with E-state index in [2.05, 4.69) is 11.2 Å². The number of rotatable bonds is 3. The zero-order valence-corrected chi connectivity index (χ0v) is 11.4. The Kier molecular flexibility index (Phi) is 4.90. The SMILES string of the molecule is O=[N+]([O-])c1ccccc1SSC#Cc1ccccc1. The minimum Gasteiger partial charge on any atom is -0.258 e. The fourth-order valence-electron chi connectivity index (χ4n) is 1.35. The summed E-state index contributed by atoms with van der Waals surface area (Å²) in [4.78, 5) is 11.1. The predicted molar refractivity (Wildman–Crippen MR) is 79.9 cm³/mol. The van der Waals surface area contributed by atoms with Crippen LogP contribution in [-0.2, 0) is 0 Å². The van der Waals surface area contributed by atoms with Crippen molar-refractivity contribution in [2.75, 3.05) is 0 Å². The summed E-state index contributed by atoms with van der Waals surface area (Å²) in [5, 5.41) is 13.7. The van der Waals surface area contributed by atoms with Crippen molar-refractivity contribution in [3.8, 4) is 11.2 Å². The van der Waals surface area contributed by atoms with E-state index in [1.807, 2.05) is 30.3 Å². The van der Waals surface area contributed by atoms with Gasteiger partial charge in [-0.2, -0.15) is 0 Å². The molecule has 19 heavy (non-hydrogen) atoms. The first kappa shape index (κ1) is 13.5. The summed E-state index contributed by atoms with van der Waals surface area (Å²) in [6, 6.07) is 16.3. The van der Waals surface area contributed by atoms with Gasteiger partial charge in [0.2, 0.25) is 0 Å². The fourth-order valence-corrected chi connectivity index (χ4v) is 2.94. The van der Waals surface area contributed by atoms with E-state index in [4.69, 9.17) is 0 Å². The highest BCUT2D eigenvalue weighted by Crippen LogP contribution is 2.36. The average Bonchev–Trinajstić information content (AvgIpc) is 2.45. The minimum absolute atomic E-state index is 0.113. The quantitative estimate of drug-likeness (QED) is 0.364. The van der Waals surface area contributed by atoms with E-state index in [0.29, 0.717) is 4.90 Å². The highest BCUT2D eigenvalue weighted by molar-refractivity contribution is 8.78. The highest BCUT2D eigenvalue weighted by atomic mass is 33.1. The maximum Gasteiger partial charge on any atom is 0.283 e. The van der Waals surface area contributed by atoms with E-state index >= 15 is 0 Å². The third-order valence-corrected chi connectivity index (χ3v) is 4.04. The van der Waals surface area contributed by atoms with Gasteiger partial charge in [-0.25, -0.2) is 0 Å². The van der Waals surface area contributed by atoms with E-state index in [0.717, 1.165) is 5.56 Å². The summed E-state index contributed by atoms with van der Waals surface area (Å²) in [5.74, 6) is 2.99. The van der Waals surface area contributed by atoms with Crippen LogP contribution in [-0.4, -0.2) is 4.92 Å². The lowest BCUT2D eigenvalue weighted by Crippen LogP contribution is -1.88. The molecule has 94 valence electrons. The molecule has 0 heterocycles. The second-order valence-electron chi connectivity index (χ2n) is 3.48. The molecule has 0 aromatic heterocycles. The van der Waals surface area contributed by atoms with Gasteiger partial charge in [-0.05, 0) is 34.2 Å². The molecule has 0 saturated heterocycles. The second kappa shape index (κ2) is 6.88. The summed E-state index contributed by atoms with van der Waals surface area (Å²) < 4.78 is 0. The normalized spacial score (nSPS) is 9.47. The summed E-state index contributed by atoms with van der Waals surface area (Å²) in [5.41, 5.74) is 1.04. The number of hydrogen-bond donors (Lipinski definition) is 0. The van der Waals surface area contributed by atoms with Crippen LogP contribution in [0.3, 0.4) is 0 Å². The van der Waals surface area contributed by atoms with Crippen molar-refractivity contribution < 1.29 is 4.92 Å².